The lowest BCUT2D eigenvalue weighted by Crippen LogP contribution is -2.24. The van der Waals surface area contributed by atoms with Gasteiger partial charge >= 0.3 is 0 Å². The van der Waals surface area contributed by atoms with E-state index in [0.29, 0.717) is 18.0 Å². The first-order chi connectivity index (χ1) is 12.1. The summed E-state index contributed by atoms with van der Waals surface area (Å²) in [5, 5.41) is 5.75. The summed E-state index contributed by atoms with van der Waals surface area (Å²) in [6.07, 6.45) is 4.68. The number of benzene rings is 2. The third kappa shape index (κ3) is 4.78. The lowest BCUT2D eigenvalue weighted by Gasteiger charge is -2.15. The smallest absolute Gasteiger partial charge is 0.224 e. The van der Waals surface area contributed by atoms with Crippen LogP contribution in [-0.4, -0.2) is 17.4 Å². The van der Waals surface area contributed by atoms with Crippen molar-refractivity contribution in [1.29, 1.82) is 0 Å². The van der Waals surface area contributed by atoms with Crippen LogP contribution in [0.15, 0.2) is 60.9 Å². The standard InChI is InChI=1S/C20H20ClN3O/c21-18-4-1-14(2-5-18)9-15(12-22)10-20(25)24-19-6-3-17-13-23-8-7-16(17)11-19/h1-8,11,13,15H,9-10,12,22H2,(H,24,25). The Morgan fingerprint density at radius 3 is 2.68 bits per heavy atom. The number of carbonyl (C=O) groups is 1. The van der Waals surface area contributed by atoms with Crippen molar-refractivity contribution >= 4 is 34.0 Å². The number of nitrogens with one attached hydrogen (secondary N) is 1. The molecule has 1 amide bonds. The number of pyridine rings is 1. The predicted octanol–water partition coefficient (Wildman–Crippen LogP) is 4.03. The Morgan fingerprint density at radius 2 is 1.92 bits per heavy atom. The molecule has 0 spiro atoms. The molecule has 0 aliphatic rings. The van der Waals surface area contributed by atoms with Crippen molar-refractivity contribution in [1.82, 2.24) is 4.98 Å². The predicted molar refractivity (Wildman–Crippen MR) is 103 cm³/mol. The molecule has 0 radical (unpaired) electrons. The fraction of sp³-hybridized carbons (Fsp3) is 0.200. The maximum absolute atomic E-state index is 12.4. The van der Waals surface area contributed by atoms with E-state index in [1.165, 1.54) is 0 Å². The zero-order valence-corrected chi connectivity index (χ0v) is 14.5. The normalized spacial score (nSPS) is 12.1. The van der Waals surface area contributed by atoms with Gasteiger partial charge in [0.2, 0.25) is 5.91 Å². The van der Waals surface area contributed by atoms with E-state index >= 15 is 0 Å². The maximum atomic E-state index is 12.4. The maximum Gasteiger partial charge on any atom is 0.224 e. The van der Waals surface area contributed by atoms with Crippen LogP contribution < -0.4 is 11.1 Å². The molecule has 128 valence electrons. The molecule has 3 rings (SSSR count). The van der Waals surface area contributed by atoms with Gasteiger partial charge < -0.3 is 11.1 Å². The second-order valence-corrected chi connectivity index (χ2v) is 6.56. The SMILES string of the molecule is NCC(CC(=O)Nc1ccc2cnccc2c1)Cc1ccc(Cl)cc1. The minimum absolute atomic E-state index is 0.0298. The number of aromatic nitrogens is 1. The van der Waals surface area contributed by atoms with Crippen molar-refractivity contribution in [3.05, 3.63) is 71.5 Å². The quantitative estimate of drug-likeness (QED) is 0.702. The zero-order chi connectivity index (χ0) is 17.6. The van der Waals surface area contributed by atoms with E-state index in [0.717, 1.165) is 28.4 Å². The average Bonchev–Trinajstić information content (AvgIpc) is 2.63. The van der Waals surface area contributed by atoms with E-state index < -0.39 is 0 Å². The molecule has 3 N–H and O–H groups in total. The van der Waals surface area contributed by atoms with Crippen LogP contribution in [0, 0.1) is 5.92 Å². The van der Waals surface area contributed by atoms with Crippen LogP contribution in [0.2, 0.25) is 5.02 Å². The van der Waals surface area contributed by atoms with Gasteiger partial charge in [-0.2, -0.15) is 0 Å². The number of hydrogen-bond donors (Lipinski definition) is 2. The fourth-order valence-electron chi connectivity index (χ4n) is 2.83. The third-order valence-electron chi connectivity index (χ3n) is 4.17. The van der Waals surface area contributed by atoms with Gasteiger partial charge in [0.15, 0.2) is 0 Å². The van der Waals surface area contributed by atoms with E-state index in [1.54, 1.807) is 12.4 Å². The summed E-state index contributed by atoms with van der Waals surface area (Å²) in [5.41, 5.74) is 7.77. The molecule has 0 saturated heterocycles. The molecular formula is C20H20ClN3O. The van der Waals surface area contributed by atoms with Gasteiger partial charge in [-0.05, 0) is 60.2 Å². The van der Waals surface area contributed by atoms with Crippen LogP contribution in [0.5, 0.6) is 0 Å². The molecule has 2 aromatic carbocycles. The Hall–Kier alpha value is -2.43. The van der Waals surface area contributed by atoms with Gasteiger partial charge in [0, 0.05) is 34.9 Å². The van der Waals surface area contributed by atoms with Crippen molar-refractivity contribution in [2.75, 3.05) is 11.9 Å². The molecule has 0 aliphatic heterocycles. The summed E-state index contributed by atoms with van der Waals surface area (Å²) in [6.45, 7) is 0.458. The molecular weight excluding hydrogens is 334 g/mol. The topological polar surface area (TPSA) is 68.0 Å². The van der Waals surface area contributed by atoms with E-state index in [1.807, 2.05) is 48.5 Å². The van der Waals surface area contributed by atoms with Gasteiger partial charge in [0.25, 0.3) is 0 Å². The number of rotatable bonds is 6. The number of hydrogen-bond acceptors (Lipinski definition) is 3. The number of carbonyl (C=O) groups excluding carboxylic acids is 1. The Kier molecular flexibility index (Phi) is 5.64. The van der Waals surface area contributed by atoms with Crippen molar-refractivity contribution in [2.45, 2.75) is 12.8 Å². The lowest BCUT2D eigenvalue weighted by molar-refractivity contribution is -0.117. The lowest BCUT2D eigenvalue weighted by atomic mass is 9.96. The summed E-state index contributed by atoms with van der Waals surface area (Å²) >= 11 is 5.91. The van der Waals surface area contributed by atoms with Gasteiger partial charge in [0.05, 0.1) is 0 Å². The van der Waals surface area contributed by atoms with E-state index in [4.69, 9.17) is 17.3 Å². The van der Waals surface area contributed by atoms with Crippen LogP contribution in [0.1, 0.15) is 12.0 Å². The molecule has 1 heterocycles. The molecule has 3 aromatic rings. The van der Waals surface area contributed by atoms with E-state index in [9.17, 15) is 4.79 Å². The Morgan fingerprint density at radius 1 is 1.12 bits per heavy atom. The highest BCUT2D eigenvalue weighted by molar-refractivity contribution is 6.30. The Labute approximate surface area is 152 Å². The first kappa shape index (κ1) is 17.4. The highest BCUT2D eigenvalue weighted by atomic mass is 35.5. The minimum Gasteiger partial charge on any atom is -0.330 e. The number of fused-ring (bicyclic) bond motifs is 1. The molecule has 0 fully saturated rings. The molecule has 1 aromatic heterocycles. The number of nitrogens with zero attached hydrogens (tertiary/aromatic N) is 1. The van der Waals surface area contributed by atoms with Gasteiger partial charge in [0.1, 0.15) is 0 Å². The largest absolute Gasteiger partial charge is 0.330 e. The van der Waals surface area contributed by atoms with Gasteiger partial charge in [-0.3, -0.25) is 9.78 Å². The van der Waals surface area contributed by atoms with Crippen molar-refractivity contribution in [3.8, 4) is 0 Å². The Bertz CT molecular complexity index is 864. The second-order valence-electron chi connectivity index (χ2n) is 6.12. The van der Waals surface area contributed by atoms with Crippen molar-refractivity contribution in [3.63, 3.8) is 0 Å². The second kappa shape index (κ2) is 8.10. The Balaban J connectivity index is 1.62. The van der Waals surface area contributed by atoms with E-state index in [2.05, 4.69) is 10.3 Å². The molecule has 4 nitrogen and oxygen atoms in total. The number of amides is 1. The van der Waals surface area contributed by atoms with E-state index in [-0.39, 0.29) is 11.8 Å². The van der Waals surface area contributed by atoms with Crippen LogP contribution in [-0.2, 0) is 11.2 Å². The molecule has 25 heavy (non-hydrogen) atoms. The summed E-state index contributed by atoms with van der Waals surface area (Å²) < 4.78 is 0. The fourth-order valence-corrected chi connectivity index (χ4v) is 2.95. The molecule has 0 aliphatic carbocycles. The van der Waals surface area contributed by atoms with Crippen LogP contribution >= 0.6 is 11.6 Å². The highest BCUT2D eigenvalue weighted by Crippen LogP contribution is 2.19. The van der Waals surface area contributed by atoms with Crippen LogP contribution in [0.25, 0.3) is 10.8 Å². The molecule has 0 saturated carbocycles. The molecule has 5 heteroatoms. The summed E-state index contributed by atoms with van der Waals surface area (Å²) in [4.78, 5) is 16.5. The zero-order valence-electron chi connectivity index (χ0n) is 13.8. The monoisotopic (exact) mass is 353 g/mol. The van der Waals surface area contributed by atoms with Crippen molar-refractivity contribution < 1.29 is 4.79 Å². The minimum atomic E-state index is -0.0298. The summed E-state index contributed by atoms with van der Waals surface area (Å²) in [5.74, 6) is 0.0589. The third-order valence-corrected chi connectivity index (χ3v) is 4.42. The first-order valence-electron chi connectivity index (χ1n) is 8.22. The van der Waals surface area contributed by atoms with Crippen LogP contribution in [0.4, 0.5) is 5.69 Å². The number of nitrogens with two attached hydrogens (primary N) is 1. The molecule has 1 unspecified atom stereocenters. The number of anilines is 1. The molecule has 0 bridgehead atoms. The van der Waals surface area contributed by atoms with Gasteiger partial charge in [-0.15, -0.1) is 0 Å². The van der Waals surface area contributed by atoms with Crippen molar-refractivity contribution in [2.24, 2.45) is 11.7 Å². The highest BCUT2D eigenvalue weighted by Gasteiger charge is 2.14. The van der Waals surface area contributed by atoms with Crippen LogP contribution in [0.3, 0.4) is 0 Å². The first-order valence-corrected chi connectivity index (χ1v) is 8.60. The molecule has 1 atom stereocenters. The number of halogens is 1. The summed E-state index contributed by atoms with van der Waals surface area (Å²) in [6, 6.07) is 15.4. The average molecular weight is 354 g/mol. The van der Waals surface area contributed by atoms with Gasteiger partial charge in [-0.25, -0.2) is 0 Å². The summed E-state index contributed by atoms with van der Waals surface area (Å²) in [7, 11) is 0. The van der Waals surface area contributed by atoms with Gasteiger partial charge in [-0.1, -0.05) is 29.8 Å².